The van der Waals surface area contributed by atoms with Gasteiger partial charge in [-0.25, -0.2) is 4.98 Å². The molecule has 0 bridgehead atoms. The average Bonchev–Trinajstić information content (AvgIpc) is 2.93. The van der Waals surface area contributed by atoms with Gasteiger partial charge in [-0.05, 0) is 25.3 Å². The summed E-state index contributed by atoms with van der Waals surface area (Å²) in [5, 5.41) is 15.1. The van der Waals surface area contributed by atoms with Crippen LogP contribution in [0.2, 0.25) is 5.02 Å². The first-order chi connectivity index (χ1) is 11.5. The van der Waals surface area contributed by atoms with E-state index < -0.39 is 11.5 Å². The molecule has 24 heavy (non-hydrogen) atoms. The number of aromatic nitrogens is 1. The first-order valence-electron chi connectivity index (χ1n) is 7.70. The van der Waals surface area contributed by atoms with Crippen molar-refractivity contribution in [2.45, 2.75) is 37.6 Å². The van der Waals surface area contributed by atoms with Gasteiger partial charge in [0.2, 0.25) is 5.91 Å². The number of carbonyl (C=O) groups is 2. The standard InChI is InChI=1S/C17H17ClN2O3S/c18-13-5-2-1-4-12(13)16-19-11(10-24-16)8-14(21)20-17(6-3-7-17)9-15(22)23/h1-2,4-5,10H,3,6-9H2,(H,20,21)(H,22,23). The number of aliphatic carboxylic acids is 1. The predicted octanol–water partition coefficient (Wildman–Crippen LogP) is 3.52. The minimum Gasteiger partial charge on any atom is -0.481 e. The first kappa shape index (κ1) is 16.9. The monoisotopic (exact) mass is 364 g/mol. The molecule has 0 spiro atoms. The second kappa shape index (κ2) is 6.91. The Bertz CT molecular complexity index is 771. The van der Waals surface area contributed by atoms with E-state index in [1.54, 1.807) is 6.07 Å². The predicted molar refractivity (Wildman–Crippen MR) is 93.2 cm³/mol. The van der Waals surface area contributed by atoms with E-state index in [1.807, 2.05) is 23.6 Å². The number of carboxylic acid groups (broad SMARTS) is 1. The fourth-order valence-electron chi connectivity index (χ4n) is 2.89. The van der Waals surface area contributed by atoms with Gasteiger partial charge in [0.25, 0.3) is 0 Å². The van der Waals surface area contributed by atoms with Crippen molar-refractivity contribution < 1.29 is 14.7 Å². The van der Waals surface area contributed by atoms with Gasteiger partial charge in [-0.1, -0.05) is 29.8 Å². The molecule has 1 amide bonds. The molecule has 0 saturated heterocycles. The van der Waals surface area contributed by atoms with E-state index in [4.69, 9.17) is 16.7 Å². The molecule has 0 aliphatic heterocycles. The number of rotatable bonds is 6. The molecule has 2 N–H and O–H groups in total. The topological polar surface area (TPSA) is 79.3 Å². The van der Waals surface area contributed by atoms with Gasteiger partial charge < -0.3 is 10.4 Å². The highest BCUT2D eigenvalue weighted by molar-refractivity contribution is 7.13. The molecule has 7 heteroatoms. The van der Waals surface area contributed by atoms with Crippen molar-refractivity contribution in [3.8, 4) is 10.6 Å². The van der Waals surface area contributed by atoms with E-state index in [2.05, 4.69) is 10.3 Å². The minimum atomic E-state index is -0.885. The van der Waals surface area contributed by atoms with Crippen molar-refractivity contribution in [2.75, 3.05) is 0 Å². The Labute approximate surface area is 148 Å². The molecule has 1 aliphatic rings. The van der Waals surface area contributed by atoms with Gasteiger partial charge in [0.15, 0.2) is 0 Å². The molecule has 126 valence electrons. The van der Waals surface area contributed by atoms with Crippen LogP contribution in [-0.2, 0) is 16.0 Å². The van der Waals surface area contributed by atoms with Crippen molar-refractivity contribution >= 4 is 34.8 Å². The summed E-state index contributed by atoms with van der Waals surface area (Å²) in [5.41, 5.74) is 0.930. The third kappa shape index (κ3) is 3.76. The number of nitrogens with one attached hydrogen (secondary N) is 1. The van der Waals surface area contributed by atoms with Crippen LogP contribution >= 0.6 is 22.9 Å². The Balaban J connectivity index is 1.65. The van der Waals surface area contributed by atoms with Gasteiger partial charge in [0, 0.05) is 10.9 Å². The minimum absolute atomic E-state index is 0.0271. The average molecular weight is 365 g/mol. The molecule has 0 unspecified atom stereocenters. The van der Waals surface area contributed by atoms with Crippen molar-refractivity contribution in [3.63, 3.8) is 0 Å². The van der Waals surface area contributed by atoms with Gasteiger partial charge in [0.05, 0.1) is 29.1 Å². The van der Waals surface area contributed by atoms with Gasteiger partial charge >= 0.3 is 5.97 Å². The summed E-state index contributed by atoms with van der Waals surface area (Å²) >= 11 is 7.60. The van der Waals surface area contributed by atoms with Crippen LogP contribution < -0.4 is 5.32 Å². The molecule has 1 heterocycles. The van der Waals surface area contributed by atoms with E-state index in [0.29, 0.717) is 23.6 Å². The summed E-state index contributed by atoms with van der Waals surface area (Å²) in [6.45, 7) is 0. The molecule has 0 atom stereocenters. The van der Waals surface area contributed by atoms with E-state index >= 15 is 0 Å². The number of hydrogen-bond acceptors (Lipinski definition) is 4. The summed E-state index contributed by atoms with van der Waals surface area (Å²) in [5.74, 6) is -1.07. The Morgan fingerprint density at radius 3 is 2.71 bits per heavy atom. The number of amides is 1. The lowest BCUT2D eigenvalue weighted by Gasteiger charge is -2.41. The SMILES string of the molecule is O=C(O)CC1(NC(=O)Cc2csc(-c3ccccc3Cl)n2)CCC1. The van der Waals surface area contributed by atoms with Crippen LogP contribution in [0.1, 0.15) is 31.4 Å². The van der Waals surface area contributed by atoms with Gasteiger partial charge in [-0.3, -0.25) is 9.59 Å². The maximum atomic E-state index is 12.2. The molecule has 1 aromatic carbocycles. The van der Waals surface area contributed by atoms with Crippen molar-refractivity contribution in [2.24, 2.45) is 0 Å². The molecule has 5 nitrogen and oxygen atoms in total. The van der Waals surface area contributed by atoms with Crippen LogP contribution in [0.25, 0.3) is 10.6 Å². The lowest BCUT2D eigenvalue weighted by atomic mass is 9.74. The summed E-state index contributed by atoms with van der Waals surface area (Å²) in [4.78, 5) is 27.7. The molecule has 1 aliphatic carbocycles. The molecule has 1 saturated carbocycles. The van der Waals surface area contributed by atoms with Gasteiger partial charge in [0.1, 0.15) is 5.01 Å². The van der Waals surface area contributed by atoms with Gasteiger partial charge in [-0.2, -0.15) is 0 Å². The number of thiazole rings is 1. The van der Waals surface area contributed by atoms with Crippen molar-refractivity contribution in [1.29, 1.82) is 0 Å². The molecule has 2 aromatic rings. The number of hydrogen-bond donors (Lipinski definition) is 2. The normalized spacial score (nSPS) is 15.5. The highest BCUT2D eigenvalue weighted by Crippen LogP contribution is 2.35. The second-order valence-electron chi connectivity index (χ2n) is 6.05. The third-order valence-electron chi connectivity index (χ3n) is 4.20. The summed E-state index contributed by atoms with van der Waals surface area (Å²) < 4.78 is 0. The first-order valence-corrected chi connectivity index (χ1v) is 8.95. The van der Waals surface area contributed by atoms with Crippen LogP contribution in [0.3, 0.4) is 0 Å². The lowest BCUT2D eigenvalue weighted by molar-refractivity contribution is -0.140. The molecule has 1 fully saturated rings. The summed E-state index contributed by atoms with van der Waals surface area (Å²) in [7, 11) is 0. The number of nitrogens with zero attached hydrogens (tertiary/aromatic N) is 1. The fourth-order valence-corrected chi connectivity index (χ4v) is 4.03. The largest absolute Gasteiger partial charge is 0.481 e. The van der Waals surface area contributed by atoms with E-state index in [9.17, 15) is 9.59 Å². The zero-order chi connectivity index (χ0) is 17.2. The number of carbonyl (C=O) groups excluding carboxylic acids is 1. The maximum absolute atomic E-state index is 12.2. The van der Waals surface area contributed by atoms with E-state index in [-0.39, 0.29) is 18.7 Å². The second-order valence-corrected chi connectivity index (χ2v) is 7.32. The van der Waals surface area contributed by atoms with E-state index in [0.717, 1.165) is 17.0 Å². The zero-order valence-corrected chi connectivity index (χ0v) is 14.5. The summed E-state index contributed by atoms with van der Waals surface area (Å²) in [6, 6.07) is 7.44. The Hall–Kier alpha value is -1.92. The molecule has 3 rings (SSSR count). The highest BCUT2D eigenvalue weighted by atomic mass is 35.5. The van der Waals surface area contributed by atoms with Crippen LogP contribution in [-0.4, -0.2) is 27.5 Å². The lowest BCUT2D eigenvalue weighted by Crippen LogP contribution is -2.55. The third-order valence-corrected chi connectivity index (χ3v) is 5.46. The van der Waals surface area contributed by atoms with Crippen LogP contribution in [0, 0.1) is 0 Å². The smallest absolute Gasteiger partial charge is 0.305 e. The van der Waals surface area contributed by atoms with Crippen molar-refractivity contribution in [3.05, 3.63) is 40.4 Å². The zero-order valence-electron chi connectivity index (χ0n) is 12.9. The van der Waals surface area contributed by atoms with Gasteiger partial charge in [-0.15, -0.1) is 11.3 Å². The molecular weight excluding hydrogens is 348 g/mol. The molecule has 1 aromatic heterocycles. The Morgan fingerprint density at radius 1 is 1.33 bits per heavy atom. The van der Waals surface area contributed by atoms with Crippen LogP contribution in [0.4, 0.5) is 0 Å². The highest BCUT2D eigenvalue weighted by Gasteiger charge is 2.40. The number of carboxylic acids is 1. The molecule has 0 radical (unpaired) electrons. The Kier molecular flexibility index (Phi) is 4.87. The molecular formula is C17H17ClN2O3S. The van der Waals surface area contributed by atoms with Crippen LogP contribution in [0.15, 0.2) is 29.6 Å². The fraction of sp³-hybridized carbons (Fsp3) is 0.353. The quantitative estimate of drug-likeness (QED) is 0.821. The van der Waals surface area contributed by atoms with E-state index in [1.165, 1.54) is 11.3 Å². The number of halogens is 1. The van der Waals surface area contributed by atoms with Crippen molar-refractivity contribution in [1.82, 2.24) is 10.3 Å². The number of benzene rings is 1. The van der Waals surface area contributed by atoms with Crippen LogP contribution in [0.5, 0.6) is 0 Å². The Morgan fingerprint density at radius 2 is 2.08 bits per heavy atom. The summed E-state index contributed by atoms with van der Waals surface area (Å²) in [6.07, 6.45) is 2.49. The maximum Gasteiger partial charge on any atom is 0.305 e.